The normalized spacial score (nSPS) is 9.50. The van der Waals surface area contributed by atoms with Crippen molar-refractivity contribution < 1.29 is 4.79 Å². The fourth-order valence-electron chi connectivity index (χ4n) is 0.824. The summed E-state index contributed by atoms with van der Waals surface area (Å²) in [5.41, 5.74) is 5.82. The number of nitrogens with two attached hydrogens (primary N) is 1. The Morgan fingerprint density at radius 2 is 2.33 bits per heavy atom. The largest absolute Gasteiger partial charge is 0.340 e. The number of rotatable bonds is 2. The molecule has 0 aliphatic carbocycles. The molecule has 0 radical (unpaired) electrons. The van der Waals surface area contributed by atoms with E-state index in [1.807, 2.05) is 18.2 Å². The molecule has 0 unspecified atom stereocenters. The van der Waals surface area contributed by atoms with Crippen molar-refractivity contribution in [2.45, 2.75) is 0 Å². The van der Waals surface area contributed by atoms with E-state index in [1.54, 1.807) is 6.07 Å². The Balaban J connectivity index is 2.81. The molecule has 3 N–H and O–H groups in total. The zero-order valence-corrected chi connectivity index (χ0v) is 8.54. The third kappa shape index (κ3) is 2.46. The number of benzene rings is 1. The van der Waals surface area contributed by atoms with Crippen molar-refractivity contribution >= 4 is 28.5 Å². The Hall–Kier alpha value is -0.620. The molecule has 0 aliphatic rings. The first kappa shape index (κ1) is 9.47. The minimum Gasteiger partial charge on any atom is -0.340 e. The number of hydrogen-bond donors (Lipinski definition) is 2. The Morgan fingerprint density at radius 3 is 2.92 bits per heavy atom. The molecule has 64 valence electrons. The van der Waals surface area contributed by atoms with E-state index in [-0.39, 0.29) is 12.6 Å². The number of nitrogens with one attached hydrogen (secondary N) is 1. The SMILES string of the molecule is NCNC(=O)c1cccc([123I])c1. The van der Waals surface area contributed by atoms with Crippen LogP contribution in [-0.2, 0) is 0 Å². The maximum absolute atomic E-state index is 11.2. The van der Waals surface area contributed by atoms with Crippen molar-refractivity contribution in [2.24, 2.45) is 5.73 Å². The van der Waals surface area contributed by atoms with Gasteiger partial charge in [0, 0.05) is 9.13 Å². The summed E-state index contributed by atoms with van der Waals surface area (Å²) in [6.07, 6.45) is 0. The number of hydrogen-bond acceptors (Lipinski definition) is 2. The Bertz CT molecular complexity index is 288. The van der Waals surface area contributed by atoms with Crippen LogP contribution in [0.1, 0.15) is 10.4 Å². The summed E-state index contributed by atoms with van der Waals surface area (Å²) in [4.78, 5) is 11.2. The second-order valence-corrected chi connectivity index (χ2v) is 3.47. The fourth-order valence-corrected chi connectivity index (χ4v) is 1.37. The average molecular weight is 272 g/mol. The molecule has 0 saturated heterocycles. The molecule has 1 amide bonds. The topological polar surface area (TPSA) is 55.1 Å². The minimum absolute atomic E-state index is 0.129. The van der Waals surface area contributed by atoms with Crippen LogP contribution in [0.2, 0.25) is 0 Å². The third-order valence-corrected chi connectivity index (χ3v) is 2.02. The number of carbonyl (C=O) groups is 1. The summed E-state index contributed by atoms with van der Waals surface area (Å²) in [5, 5.41) is 2.52. The molecule has 0 heterocycles. The molecule has 12 heavy (non-hydrogen) atoms. The van der Waals surface area contributed by atoms with Crippen LogP contribution in [-0.4, -0.2) is 12.6 Å². The van der Waals surface area contributed by atoms with Crippen LogP contribution in [0.25, 0.3) is 0 Å². The molecule has 4 heteroatoms. The first-order chi connectivity index (χ1) is 5.74. The van der Waals surface area contributed by atoms with Crippen molar-refractivity contribution in [1.29, 1.82) is 0 Å². The Kier molecular flexibility index (Phi) is 3.48. The quantitative estimate of drug-likeness (QED) is 0.621. The van der Waals surface area contributed by atoms with Crippen LogP contribution < -0.4 is 11.1 Å². The van der Waals surface area contributed by atoms with Gasteiger partial charge < -0.3 is 11.1 Å². The lowest BCUT2D eigenvalue weighted by Gasteiger charge is -2.01. The summed E-state index contributed by atoms with van der Waals surface area (Å²) in [6.45, 7) is 0.171. The average Bonchev–Trinajstić information content (AvgIpc) is 2.05. The zero-order valence-electron chi connectivity index (χ0n) is 6.38. The van der Waals surface area contributed by atoms with E-state index in [0.717, 1.165) is 3.57 Å². The summed E-state index contributed by atoms with van der Waals surface area (Å²) in [5.74, 6) is -0.129. The van der Waals surface area contributed by atoms with Gasteiger partial charge in [-0.2, -0.15) is 0 Å². The molecule has 1 aromatic rings. The van der Waals surface area contributed by atoms with Gasteiger partial charge in [0.05, 0.1) is 6.67 Å². The van der Waals surface area contributed by atoms with Gasteiger partial charge in [-0.25, -0.2) is 0 Å². The molecule has 0 fully saturated rings. The van der Waals surface area contributed by atoms with E-state index >= 15 is 0 Å². The Labute approximate surface area is 84.5 Å². The van der Waals surface area contributed by atoms with Crippen LogP contribution >= 0.6 is 22.6 Å². The van der Waals surface area contributed by atoms with Gasteiger partial charge in [0.2, 0.25) is 0 Å². The highest BCUT2D eigenvalue weighted by atomic mass is 123. The Morgan fingerprint density at radius 1 is 1.58 bits per heavy atom. The summed E-state index contributed by atoms with van der Waals surface area (Å²) >= 11 is 2.16. The molecule has 1 aromatic carbocycles. The fraction of sp³-hybridized carbons (Fsp3) is 0.125. The second-order valence-electron chi connectivity index (χ2n) is 2.22. The van der Waals surface area contributed by atoms with E-state index < -0.39 is 0 Å². The molecule has 0 aliphatic heterocycles. The van der Waals surface area contributed by atoms with Gasteiger partial charge in [0.1, 0.15) is 0 Å². The van der Waals surface area contributed by atoms with Crippen LogP contribution in [0, 0.1) is 3.57 Å². The standard InChI is InChI=1S/C8H9IN2O/c9-7-3-1-2-6(4-7)8(12)11-5-10/h1-4H,5,10H2,(H,11,12)/i9-4. The molecule has 0 bridgehead atoms. The number of amides is 1. The maximum Gasteiger partial charge on any atom is 0.252 e. The van der Waals surface area contributed by atoms with Crippen LogP contribution in [0.3, 0.4) is 0 Å². The molecule has 1 rings (SSSR count). The molecule has 3 nitrogen and oxygen atoms in total. The highest BCUT2D eigenvalue weighted by Crippen LogP contribution is 2.07. The van der Waals surface area contributed by atoms with Crippen LogP contribution in [0.5, 0.6) is 0 Å². The highest BCUT2D eigenvalue weighted by molar-refractivity contribution is 14.1. The lowest BCUT2D eigenvalue weighted by molar-refractivity contribution is 0.0954. The lowest BCUT2D eigenvalue weighted by atomic mass is 10.2. The van der Waals surface area contributed by atoms with E-state index in [4.69, 9.17) is 5.73 Å². The molecular weight excluding hydrogens is 263 g/mol. The predicted molar refractivity (Wildman–Crippen MR) is 55.7 cm³/mol. The van der Waals surface area contributed by atoms with Gasteiger partial charge >= 0.3 is 0 Å². The van der Waals surface area contributed by atoms with E-state index in [9.17, 15) is 4.79 Å². The monoisotopic (exact) mass is 272 g/mol. The molecule has 0 spiro atoms. The molecule has 0 aromatic heterocycles. The van der Waals surface area contributed by atoms with Gasteiger partial charge in [-0.05, 0) is 40.8 Å². The van der Waals surface area contributed by atoms with Crippen molar-refractivity contribution in [1.82, 2.24) is 5.32 Å². The highest BCUT2D eigenvalue weighted by Gasteiger charge is 2.02. The van der Waals surface area contributed by atoms with Crippen molar-refractivity contribution in [3.8, 4) is 0 Å². The van der Waals surface area contributed by atoms with Crippen LogP contribution in [0.15, 0.2) is 24.3 Å². The third-order valence-electron chi connectivity index (χ3n) is 1.35. The first-order valence-corrected chi connectivity index (χ1v) is 4.56. The van der Waals surface area contributed by atoms with Crippen LogP contribution in [0.4, 0.5) is 0 Å². The first-order valence-electron chi connectivity index (χ1n) is 3.48. The van der Waals surface area contributed by atoms with Crippen molar-refractivity contribution in [3.63, 3.8) is 0 Å². The number of carbonyl (C=O) groups excluding carboxylic acids is 1. The lowest BCUT2D eigenvalue weighted by Crippen LogP contribution is -2.29. The van der Waals surface area contributed by atoms with Crippen molar-refractivity contribution in [2.75, 3.05) is 6.67 Å². The van der Waals surface area contributed by atoms with Gasteiger partial charge in [0.25, 0.3) is 5.91 Å². The van der Waals surface area contributed by atoms with Gasteiger partial charge in [-0.15, -0.1) is 0 Å². The summed E-state index contributed by atoms with van der Waals surface area (Å²) < 4.78 is 1.04. The van der Waals surface area contributed by atoms with Gasteiger partial charge in [-0.1, -0.05) is 6.07 Å². The predicted octanol–water partition coefficient (Wildman–Crippen LogP) is 0.937. The molecule has 0 atom stereocenters. The van der Waals surface area contributed by atoms with Gasteiger partial charge in [0.15, 0.2) is 0 Å². The zero-order chi connectivity index (χ0) is 8.97. The molecular formula is C8H9IN2O. The smallest absolute Gasteiger partial charge is 0.252 e. The summed E-state index contributed by atoms with van der Waals surface area (Å²) in [7, 11) is 0. The van der Waals surface area contributed by atoms with Gasteiger partial charge in [-0.3, -0.25) is 4.79 Å². The maximum atomic E-state index is 11.2. The van der Waals surface area contributed by atoms with Crippen molar-refractivity contribution in [3.05, 3.63) is 33.4 Å². The van der Waals surface area contributed by atoms with E-state index in [0.29, 0.717) is 5.56 Å². The minimum atomic E-state index is -0.129. The molecule has 0 saturated carbocycles. The summed E-state index contributed by atoms with van der Waals surface area (Å²) in [6, 6.07) is 7.34. The van der Waals surface area contributed by atoms with E-state index in [2.05, 4.69) is 27.9 Å². The van der Waals surface area contributed by atoms with E-state index in [1.165, 1.54) is 0 Å². The number of halogens is 1. The second kappa shape index (κ2) is 4.42.